The Labute approximate surface area is 67.8 Å². The van der Waals surface area contributed by atoms with E-state index in [1.165, 1.54) is 16.8 Å². The summed E-state index contributed by atoms with van der Waals surface area (Å²) >= 11 is 0. The zero-order valence-electron chi connectivity index (χ0n) is 7.09. The third kappa shape index (κ3) is 1.49. The molecular weight excluding hydrogens is 134 g/mol. The molecule has 0 aromatic rings. The third-order valence-corrected chi connectivity index (χ3v) is 1.80. The maximum atomic E-state index is 3.75. The van der Waals surface area contributed by atoms with E-state index in [1.807, 2.05) is 13.0 Å². The summed E-state index contributed by atoms with van der Waals surface area (Å²) in [5.74, 6) is 0. The number of allylic oxidation sites excluding steroid dienone is 5. The lowest BCUT2D eigenvalue weighted by atomic mass is 10.1. The highest BCUT2D eigenvalue weighted by Crippen LogP contribution is 2.15. The van der Waals surface area contributed by atoms with Crippen molar-refractivity contribution in [3.8, 4) is 0 Å². The molecule has 11 heavy (non-hydrogen) atoms. The van der Waals surface area contributed by atoms with Crippen LogP contribution in [-0.4, -0.2) is 0 Å². The van der Waals surface area contributed by atoms with Crippen molar-refractivity contribution in [2.45, 2.75) is 13.8 Å². The van der Waals surface area contributed by atoms with Crippen molar-refractivity contribution in [3.63, 3.8) is 0 Å². The molecular formula is C10H14N+. The standard InChI is InChI=1S/C10H13N/c1-4-6-9-8(3)7-11-10(9)5-2/h4-7,11H,2H2,1,3H3/p+1/b6-4-. The fraction of sp³-hybridized carbons (Fsp3) is 0.200. The van der Waals surface area contributed by atoms with Crippen LogP contribution in [0.4, 0.5) is 0 Å². The monoisotopic (exact) mass is 148 g/mol. The molecule has 1 aliphatic rings. The second kappa shape index (κ2) is 3.35. The van der Waals surface area contributed by atoms with Crippen molar-refractivity contribution in [2.75, 3.05) is 0 Å². The second-order valence-corrected chi connectivity index (χ2v) is 2.59. The van der Waals surface area contributed by atoms with Crippen LogP contribution in [0.3, 0.4) is 0 Å². The molecule has 0 spiro atoms. The molecule has 0 aromatic heterocycles. The Balaban J connectivity index is 2.99. The van der Waals surface area contributed by atoms with E-state index in [0.717, 1.165) is 0 Å². The number of hydrogen-bond donors (Lipinski definition) is 1. The molecule has 0 aromatic carbocycles. The summed E-state index contributed by atoms with van der Waals surface area (Å²) in [7, 11) is 0. The number of nitrogens with two attached hydrogens (primary N) is 1. The van der Waals surface area contributed by atoms with Crippen LogP contribution < -0.4 is 5.32 Å². The van der Waals surface area contributed by atoms with Gasteiger partial charge in [-0.05, 0) is 19.9 Å². The molecule has 0 fully saturated rings. The second-order valence-electron chi connectivity index (χ2n) is 2.59. The Morgan fingerprint density at radius 3 is 2.82 bits per heavy atom. The van der Waals surface area contributed by atoms with Crippen LogP contribution in [0.1, 0.15) is 13.8 Å². The van der Waals surface area contributed by atoms with Gasteiger partial charge in [0.05, 0.1) is 0 Å². The third-order valence-electron chi connectivity index (χ3n) is 1.80. The van der Waals surface area contributed by atoms with E-state index in [4.69, 9.17) is 0 Å². The van der Waals surface area contributed by atoms with E-state index in [2.05, 4.69) is 37.2 Å². The lowest BCUT2D eigenvalue weighted by Crippen LogP contribution is -2.73. The lowest BCUT2D eigenvalue weighted by molar-refractivity contribution is -0.526. The molecule has 0 saturated carbocycles. The van der Waals surface area contributed by atoms with Gasteiger partial charge in [-0.15, -0.1) is 0 Å². The first-order valence-corrected chi connectivity index (χ1v) is 3.81. The highest BCUT2D eigenvalue weighted by Gasteiger charge is 2.12. The molecule has 0 radical (unpaired) electrons. The zero-order chi connectivity index (χ0) is 8.27. The number of hydrogen-bond acceptors (Lipinski definition) is 0. The van der Waals surface area contributed by atoms with Crippen LogP contribution in [0, 0.1) is 0 Å². The molecule has 0 amide bonds. The minimum absolute atomic E-state index is 1.22. The Morgan fingerprint density at radius 2 is 2.27 bits per heavy atom. The smallest absolute Gasteiger partial charge is 0.141 e. The van der Waals surface area contributed by atoms with Crippen molar-refractivity contribution in [2.24, 2.45) is 0 Å². The summed E-state index contributed by atoms with van der Waals surface area (Å²) < 4.78 is 0. The topological polar surface area (TPSA) is 16.6 Å². The lowest BCUT2D eigenvalue weighted by Gasteiger charge is -1.92. The van der Waals surface area contributed by atoms with Crippen LogP contribution in [0.2, 0.25) is 0 Å². The van der Waals surface area contributed by atoms with Gasteiger partial charge in [0.25, 0.3) is 0 Å². The van der Waals surface area contributed by atoms with Crippen molar-refractivity contribution >= 4 is 0 Å². The van der Waals surface area contributed by atoms with Crippen molar-refractivity contribution in [1.82, 2.24) is 0 Å². The summed E-state index contributed by atoms with van der Waals surface area (Å²) in [5.41, 5.74) is 3.83. The average molecular weight is 148 g/mol. The minimum Gasteiger partial charge on any atom is -0.287 e. The SMILES string of the molecule is C=CC1=C(/C=C\C)C(C)=C[NH2+]1. The molecule has 1 rings (SSSR count). The van der Waals surface area contributed by atoms with Gasteiger partial charge in [-0.2, -0.15) is 0 Å². The van der Waals surface area contributed by atoms with Gasteiger partial charge in [-0.3, -0.25) is 5.32 Å². The van der Waals surface area contributed by atoms with Gasteiger partial charge in [-0.25, -0.2) is 0 Å². The molecule has 0 saturated heterocycles. The van der Waals surface area contributed by atoms with Gasteiger partial charge in [-0.1, -0.05) is 18.7 Å². The predicted molar refractivity (Wildman–Crippen MR) is 47.7 cm³/mol. The van der Waals surface area contributed by atoms with Gasteiger partial charge in [0.15, 0.2) is 0 Å². The molecule has 0 bridgehead atoms. The van der Waals surface area contributed by atoms with E-state index in [9.17, 15) is 0 Å². The summed E-state index contributed by atoms with van der Waals surface area (Å²) in [6.45, 7) is 7.89. The molecule has 0 aliphatic carbocycles. The van der Waals surface area contributed by atoms with Gasteiger partial charge in [0.2, 0.25) is 0 Å². The first kappa shape index (κ1) is 8.02. The molecule has 1 aliphatic heterocycles. The Hall–Kier alpha value is -1.08. The quantitative estimate of drug-likeness (QED) is 0.611. The molecule has 0 unspecified atom stereocenters. The van der Waals surface area contributed by atoms with Crippen LogP contribution in [0.25, 0.3) is 0 Å². The Kier molecular flexibility index (Phi) is 2.44. The van der Waals surface area contributed by atoms with Gasteiger partial charge < -0.3 is 0 Å². The number of quaternary nitrogens is 1. The largest absolute Gasteiger partial charge is 0.287 e. The molecule has 1 heteroatoms. The normalized spacial score (nSPS) is 17.8. The predicted octanol–water partition coefficient (Wildman–Crippen LogP) is 1.48. The fourth-order valence-corrected chi connectivity index (χ4v) is 1.19. The van der Waals surface area contributed by atoms with E-state index in [-0.39, 0.29) is 0 Å². The average Bonchev–Trinajstić information content (AvgIpc) is 2.34. The van der Waals surface area contributed by atoms with Crippen LogP contribution in [0.15, 0.2) is 47.9 Å². The zero-order valence-corrected chi connectivity index (χ0v) is 7.09. The van der Waals surface area contributed by atoms with Crippen LogP contribution in [-0.2, 0) is 0 Å². The summed E-state index contributed by atoms with van der Waals surface area (Å²) in [4.78, 5) is 0. The van der Waals surface area contributed by atoms with E-state index in [0.29, 0.717) is 0 Å². The minimum atomic E-state index is 1.22. The Bertz CT molecular complexity index is 254. The first-order chi connectivity index (χ1) is 5.29. The van der Waals surface area contributed by atoms with Crippen LogP contribution >= 0.6 is 0 Å². The summed E-state index contributed by atoms with van der Waals surface area (Å²) in [6, 6.07) is 0. The van der Waals surface area contributed by atoms with Crippen molar-refractivity contribution in [1.29, 1.82) is 0 Å². The van der Waals surface area contributed by atoms with E-state index < -0.39 is 0 Å². The highest BCUT2D eigenvalue weighted by atomic mass is 14.9. The van der Waals surface area contributed by atoms with Crippen LogP contribution in [0.5, 0.6) is 0 Å². The summed E-state index contributed by atoms with van der Waals surface area (Å²) in [6.07, 6.45) is 8.18. The fourth-order valence-electron chi connectivity index (χ4n) is 1.19. The van der Waals surface area contributed by atoms with Gasteiger partial charge in [0.1, 0.15) is 11.9 Å². The van der Waals surface area contributed by atoms with Gasteiger partial charge in [0, 0.05) is 11.1 Å². The van der Waals surface area contributed by atoms with Crippen molar-refractivity contribution in [3.05, 3.63) is 47.9 Å². The van der Waals surface area contributed by atoms with E-state index in [1.54, 1.807) is 0 Å². The Morgan fingerprint density at radius 1 is 1.55 bits per heavy atom. The maximum absolute atomic E-state index is 3.75. The first-order valence-electron chi connectivity index (χ1n) is 3.81. The molecule has 2 N–H and O–H groups in total. The van der Waals surface area contributed by atoms with Crippen molar-refractivity contribution < 1.29 is 5.32 Å². The molecule has 58 valence electrons. The van der Waals surface area contributed by atoms with Gasteiger partial charge >= 0.3 is 0 Å². The highest BCUT2D eigenvalue weighted by molar-refractivity contribution is 5.44. The molecule has 1 heterocycles. The molecule has 1 nitrogen and oxygen atoms in total. The maximum Gasteiger partial charge on any atom is 0.141 e. The number of rotatable bonds is 2. The van der Waals surface area contributed by atoms with E-state index >= 15 is 0 Å². The molecule has 0 atom stereocenters. The summed E-state index contributed by atoms with van der Waals surface area (Å²) in [5, 5.41) is 2.09.